The van der Waals surface area contributed by atoms with Crippen molar-refractivity contribution >= 4 is 11.7 Å². The summed E-state index contributed by atoms with van der Waals surface area (Å²) in [6.07, 6.45) is 5.88. The van der Waals surface area contributed by atoms with Crippen LogP contribution in [0.25, 0.3) is 0 Å². The molecule has 0 aliphatic heterocycles. The van der Waals surface area contributed by atoms with E-state index in [2.05, 4.69) is 10.4 Å². The summed E-state index contributed by atoms with van der Waals surface area (Å²) < 4.78 is 1.68. The van der Waals surface area contributed by atoms with Crippen molar-refractivity contribution < 1.29 is 9.59 Å². The van der Waals surface area contributed by atoms with E-state index in [-0.39, 0.29) is 24.2 Å². The second-order valence-corrected chi connectivity index (χ2v) is 6.41. The van der Waals surface area contributed by atoms with Crippen LogP contribution in [0.4, 0.5) is 0 Å². The van der Waals surface area contributed by atoms with Crippen LogP contribution in [0.5, 0.6) is 0 Å². The van der Waals surface area contributed by atoms with Crippen molar-refractivity contribution in [3.8, 4) is 0 Å². The lowest BCUT2D eigenvalue weighted by Crippen LogP contribution is -2.51. The van der Waals surface area contributed by atoms with E-state index in [0.717, 1.165) is 0 Å². The molecule has 21 heavy (non-hydrogen) atoms. The molecule has 1 heterocycles. The summed E-state index contributed by atoms with van der Waals surface area (Å²) in [5.74, 6) is 5.27. The van der Waals surface area contributed by atoms with Crippen LogP contribution in [0.3, 0.4) is 0 Å². The number of nitrogens with one attached hydrogen (secondary N) is 1. The van der Waals surface area contributed by atoms with Crippen LogP contribution < -0.4 is 11.3 Å². The van der Waals surface area contributed by atoms with Crippen molar-refractivity contribution in [3.05, 3.63) is 18.7 Å². The van der Waals surface area contributed by atoms with Gasteiger partial charge in [-0.15, -0.1) is 0 Å². The van der Waals surface area contributed by atoms with E-state index in [9.17, 15) is 9.59 Å². The maximum atomic E-state index is 12.8. The minimum atomic E-state index is -1.08. The first-order valence-corrected chi connectivity index (χ1v) is 7.32. The van der Waals surface area contributed by atoms with Gasteiger partial charge in [0.15, 0.2) is 5.78 Å². The van der Waals surface area contributed by atoms with Gasteiger partial charge < -0.3 is 4.57 Å². The summed E-state index contributed by atoms with van der Waals surface area (Å²) in [6.45, 7) is 8.15. The Morgan fingerprint density at radius 2 is 1.81 bits per heavy atom. The zero-order valence-electron chi connectivity index (χ0n) is 13.3. The third-order valence-electron chi connectivity index (χ3n) is 3.50. The average Bonchev–Trinajstić information content (AvgIpc) is 2.88. The Morgan fingerprint density at radius 1 is 1.24 bits per heavy atom. The van der Waals surface area contributed by atoms with Crippen molar-refractivity contribution in [3.63, 3.8) is 0 Å². The number of hydrazine groups is 1. The van der Waals surface area contributed by atoms with Gasteiger partial charge in [0, 0.05) is 12.4 Å². The van der Waals surface area contributed by atoms with Gasteiger partial charge in [-0.05, 0) is 24.7 Å². The molecule has 1 aromatic heterocycles. The predicted octanol–water partition coefficient (Wildman–Crippen LogP) is 1.52. The highest BCUT2D eigenvalue weighted by Gasteiger charge is 2.45. The molecule has 0 unspecified atom stereocenters. The first-order valence-electron chi connectivity index (χ1n) is 7.32. The largest absolute Gasteiger partial charge is 0.330 e. The van der Waals surface area contributed by atoms with Crippen molar-refractivity contribution in [2.75, 3.05) is 0 Å². The topological polar surface area (TPSA) is 90.0 Å². The summed E-state index contributed by atoms with van der Waals surface area (Å²) in [6, 6.07) is 0. The maximum absolute atomic E-state index is 12.8. The molecule has 0 saturated carbocycles. The third-order valence-corrected chi connectivity index (χ3v) is 3.50. The Hall–Kier alpha value is -1.69. The Bertz CT molecular complexity index is 456. The van der Waals surface area contributed by atoms with Crippen molar-refractivity contribution in [2.45, 2.75) is 47.1 Å². The zero-order chi connectivity index (χ0) is 16.0. The Balaban J connectivity index is 3.12. The standard InChI is InChI=1S/C15H26N4O2/c1-11(2)7-15(8-12(3)4,14(21)18-16)13(20)9-19-6-5-17-10-19/h5-6,10-12H,7-9,16H2,1-4H3,(H,18,21). The number of rotatable bonds is 8. The van der Waals surface area contributed by atoms with Crippen LogP contribution in [0.15, 0.2) is 18.7 Å². The van der Waals surface area contributed by atoms with Crippen molar-refractivity contribution in [2.24, 2.45) is 23.1 Å². The minimum Gasteiger partial charge on any atom is -0.330 e. The lowest BCUT2D eigenvalue weighted by molar-refractivity contribution is -0.145. The second kappa shape index (κ2) is 7.36. The second-order valence-electron chi connectivity index (χ2n) is 6.41. The Kier molecular flexibility index (Phi) is 6.08. The first-order chi connectivity index (χ1) is 9.81. The molecule has 3 N–H and O–H groups in total. The van der Waals surface area contributed by atoms with Crippen LogP contribution in [0.2, 0.25) is 0 Å². The lowest BCUT2D eigenvalue weighted by Gasteiger charge is -2.33. The van der Waals surface area contributed by atoms with E-state index >= 15 is 0 Å². The summed E-state index contributed by atoms with van der Waals surface area (Å²) in [4.78, 5) is 29.2. The molecule has 0 atom stereocenters. The SMILES string of the molecule is CC(C)CC(CC(C)C)(C(=O)Cn1ccnc1)C(=O)NN. The summed E-state index contributed by atoms with van der Waals surface area (Å²) in [5, 5.41) is 0. The summed E-state index contributed by atoms with van der Waals surface area (Å²) in [5.41, 5.74) is 1.11. The normalized spacial score (nSPS) is 12.0. The number of carbonyl (C=O) groups excluding carboxylic acids is 2. The van der Waals surface area contributed by atoms with E-state index in [1.807, 2.05) is 27.7 Å². The van der Waals surface area contributed by atoms with Crippen LogP contribution in [-0.2, 0) is 16.1 Å². The summed E-state index contributed by atoms with van der Waals surface area (Å²) in [7, 11) is 0. The third kappa shape index (κ3) is 4.39. The van der Waals surface area contributed by atoms with E-state index < -0.39 is 11.3 Å². The molecule has 0 aliphatic rings. The quantitative estimate of drug-likeness (QED) is 0.329. The van der Waals surface area contributed by atoms with Gasteiger partial charge in [-0.1, -0.05) is 27.7 Å². The molecule has 0 bridgehead atoms. The predicted molar refractivity (Wildman–Crippen MR) is 80.9 cm³/mol. The molecule has 1 rings (SSSR count). The number of Topliss-reactive ketones (excluding diaryl/α,β-unsaturated/α-hetero) is 1. The van der Waals surface area contributed by atoms with Gasteiger partial charge in [0.05, 0.1) is 12.9 Å². The van der Waals surface area contributed by atoms with E-state index in [0.29, 0.717) is 12.8 Å². The van der Waals surface area contributed by atoms with Crippen LogP contribution >= 0.6 is 0 Å². The van der Waals surface area contributed by atoms with E-state index in [1.165, 1.54) is 0 Å². The highest BCUT2D eigenvalue weighted by atomic mass is 16.2. The van der Waals surface area contributed by atoms with E-state index in [4.69, 9.17) is 5.84 Å². The number of ketones is 1. The number of aromatic nitrogens is 2. The number of hydrogen-bond acceptors (Lipinski definition) is 4. The fraction of sp³-hybridized carbons (Fsp3) is 0.667. The number of imidazole rings is 1. The first kappa shape index (κ1) is 17.4. The zero-order valence-corrected chi connectivity index (χ0v) is 13.3. The molecular weight excluding hydrogens is 268 g/mol. The molecule has 0 aromatic carbocycles. The van der Waals surface area contributed by atoms with Crippen molar-refractivity contribution in [1.29, 1.82) is 0 Å². The molecule has 6 nitrogen and oxygen atoms in total. The molecule has 118 valence electrons. The van der Waals surface area contributed by atoms with Crippen LogP contribution in [-0.4, -0.2) is 21.2 Å². The highest BCUT2D eigenvalue weighted by Crippen LogP contribution is 2.35. The molecule has 0 spiro atoms. The van der Waals surface area contributed by atoms with Gasteiger partial charge in [-0.2, -0.15) is 0 Å². The average molecular weight is 294 g/mol. The lowest BCUT2D eigenvalue weighted by atomic mass is 9.70. The molecule has 6 heteroatoms. The Morgan fingerprint density at radius 3 is 2.19 bits per heavy atom. The molecule has 0 radical (unpaired) electrons. The van der Waals surface area contributed by atoms with Gasteiger partial charge in [0.25, 0.3) is 0 Å². The minimum absolute atomic E-state index is 0.120. The van der Waals surface area contributed by atoms with Crippen LogP contribution in [0, 0.1) is 17.3 Å². The van der Waals surface area contributed by atoms with E-state index in [1.54, 1.807) is 23.3 Å². The number of nitrogens with zero attached hydrogens (tertiary/aromatic N) is 2. The fourth-order valence-electron chi connectivity index (χ4n) is 2.85. The number of carbonyl (C=O) groups is 2. The Labute approximate surface area is 126 Å². The smallest absolute Gasteiger partial charge is 0.247 e. The molecule has 0 aliphatic carbocycles. The van der Waals surface area contributed by atoms with Gasteiger partial charge in [0.2, 0.25) is 5.91 Å². The molecule has 0 fully saturated rings. The maximum Gasteiger partial charge on any atom is 0.247 e. The van der Waals surface area contributed by atoms with Gasteiger partial charge in [0.1, 0.15) is 5.41 Å². The molecule has 1 aromatic rings. The monoisotopic (exact) mass is 294 g/mol. The van der Waals surface area contributed by atoms with Gasteiger partial charge in [-0.3, -0.25) is 15.0 Å². The van der Waals surface area contributed by atoms with Gasteiger partial charge in [-0.25, -0.2) is 10.8 Å². The number of nitrogens with two attached hydrogens (primary N) is 1. The summed E-state index contributed by atoms with van der Waals surface area (Å²) >= 11 is 0. The van der Waals surface area contributed by atoms with Crippen LogP contribution in [0.1, 0.15) is 40.5 Å². The number of amides is 1. The molecule has 0 saturated heterocycles. The fourth-order valence-corrected chi connectivity index (χ4v) is 2.85. The van der Waals surface area contributed by atoms with Gasteiger partial charge >= 0.3 is 0 Å². The highest BCUT2D eigenvalue weighted by molar-refractivity contribution is 6.05. The molecule has 1 amide bonds. The van der Waals surface area contributed by atoms with Crippen molar-refractivity contribution in [1.82, 2.24) is 15.0 Å². The number of hydrogen-bond donors (Lipinski definition) is 2. The molecular formula is C15H26N4O2.